The van der Waals surface area contributed by atoms with E-state index in [-0.39, 0.29) is 17.9 Å². The third-order valence-electron chi connectivity index (χ3n) is 3.88. The molecule has 0 spiro atoms. The fourth-order valence-electron chi connectivity index (χ4n) is 2.64. The maximum Gasteiger partial charge on any atom is 0.306 e. The number of carboxylic acid groups (broad SMARTS) is 1. The molecule has 0 heterocycles. The first-order chi connectivity index (χ1) is 10.0. The molecule has 1 amide bonds. The van der Waals surface area contributed by atoms with E-state index in [4.69, 9.17) is 15.6 Å². The molecular weight excluding hydrogens is 272 g/mol. The molecule has 0 aliphatic heterocycles. The monoisotopic (exact) mass is 292 g/mol. The van der Waals surface area contributed by atoms with Gasteiger partial charge in [0.05, 0.1) is 18.6 Å². The molecule has 0 radical (unpaired) electrons. The number of nitrogens with two attached hydrogens (primary N) is 1. The molecule has 0 atom stereocenters. The van der Waals surface area contributed by atoms with Crippen LogP contribution in [0.1, 0.15) is 36.0 Å². The molecule has 1 fully saturated rings. The largest absolute Gasteiger partial charge is 0.496 e. The first kappa shape index (κ1) is 15.2. The van der Waals surface area contributed by atoms with Crippen molar-refractivity contribution in [3.63, 3.8) is 0 Å². The maximum absolute atomic E-state index is 12.3. The number of aliphatic carboxylic acids is 1. The number of amides is 1. The lowest BCUT2D eigenvalue weighted by atomic mass is 9.86. The second-order valence-corrected chi connectivity index (χ2v) is 5.32. The van der Waals surface area contributed by atoms with Crippen molar-refractivity contribution < 1.29 is 19.4 Å². The van der Waals surface area contributed by atoms with Crippen molar-refractivity contribution in [3.8, 4) is 5.75 Å². The predicted octanol–water partition coefficient (Wildman–Crippen LogP) is 1.65. The molecule has 1 saturated carbocycles. The van der Waals surface area contributed by atoms with E-state index >= 15 is 0 Å². The molecule has 1 aromatic carbocycles. The molecular formula is C15H20N2O4. The van der Waals surface area contributed by atoms with E-state index in [1.54, 1.807) is 18.2 Å². The van der Waals surface area contributed by atoms with E-state index in [2.05, 4.69) is 5.32 Å². The standard InChI is InChI=1S/C15H20N2O4/c1-21-13-8-10(16)4-7-12(13)14(18)17-11-5-2-9(3-6-11)15(19)20/h4,7-9,11H,2-3,5-6,16H2,1H3,(H,17,18)(H,19,20). The highest BCUT2D eigenvalue weighted by atomic mass is 16.5. The zero-order valence-corrected chi connectivity index (χ0v) is 12.0. The van der Waals surface area contributed by atoms with Crippen LogP contribution >= 0.6 is 0 Å². The lowest BCUT2D eigenvalue weighted by Gasteiger charge is -2.27. The molecule has 0 unspecified atom stereocenters. The van der Waals surface area contributed by atoms with Crippen LogP contribution in [0.5, 0.6) is 5.75 Å². The Bertz CT molecular complexity index is 536. The van der Waals surface area contributed by atoms with Crippen molar-refractivity contribution in [1.82, 2.24) is 5.32 Å². The lowest BCUT2D eigenvalue weighted by molar-refractivity contribution is -0.142. The third-order valence-corrected chi connectivity index (χ3v) is 3.88. The predicted molar refractivity (Wildman–Crippen MR) is 78.3 cm³/mol. The van der Waals surface area contributed by atoms with Gasteiger partial charge in [0, 0.05) is 17.8 Å². The van der Waals surface area contributed by atoms with E-state index in [1.807, 2.05) is 0 Å². The summed E-state index contributed by atoms with van der Waals surface area (Å²) in [6, 6.07) is 4.90. The zero-order chi connectivity index (χ0) is 15.4. The Morgan fingerprint density at radius 1 is 1.29 bits per heavy atom. The number of benzene rings is 1. The molecule has 6 heteroatoms. The van der Waals surface area contributed by atoms with Crippen molar-refractivity contribution >= 4 is 17.6 Å². The fraction of sp³-hybridized carbons (Fsp3) is 0.467. The van der Waals surface area contributed by atoms with E-state index in [0.717, 1.165) is 0 Å². The van der Waals surface area contributed by atoms with Crippen LogP contribution < -0.4 is 15.8 Å². The Labute approximate surface area is 123 Å². The number of anilines is 1. The summed E-state index contributed by atoms with van der Waals surface area (Å²) in [5.74, 6) is -0.818. The molecule has 0 aromatic heterocycles. The topological polar surface area (TPSA) is 102 Å². The number of carbonyl (C=O) groups excluding carboxylic acids is 1. The maximum atomic E-state index is 12.3. The second-order valence-electron chi connectivity index (χ2n) is 5.32. The highest BCUT2D eigenvalue weighted by molar-refractivity contribution is 5.97. The summed E-state index contributed by atoms with van der Waals surface area (Å²) >= 11 is 0. The number of nitrogens with one attached hydrogen (secondary N) is 1. The molecule has 21 heavy (non-hydrogen) atoms. The van der Waals surface area contributed by atoms with Gasteiger partial charge in [0.15, 0.2) is 0 Å². The Hall–Kier alpha value is -2.24. The van der Waals surface area contributed by atoms with Crippen LogP contribution in [0.2, 0.25) is 0 Å². The minimum Gasteiger partial charge on any atom is -0.496 e. The number of rotatable bonds is 4. The summed E-state index contributed by atoms with van der Waals surface area (Å²) < 4.78 is 5.17. The minimum absolute atomic E-state index is 0.00959. The van der Waals surface area contributed by atoms with Gasteiger partial charge < -0.3 is 20.9 Å². The molecule has 6 nitrogen and oxygen atoms in total. The zero-order valence-electron chi connectivity index (χ0n) is 12.0. The summed E-state index contributed by atoms with van der Waals surface area (Å²) in [5, 5.41) is 11.9. The molecule has 114 valence electrons. The fourth-order valence-corrected chi connectivity index (χ4v) is 2.64. The van der Waals surface area contributed by atoms with Crippen molar-refractivity contribution in [3.05, 3.63) is 23.8 Å². The average Bonchev–Trinajstić information content (AvgIpc) is 2.47. The van der Waals surface area contributed by atoms with Gasteiger partial charge in [0.2, 0.25) is 0 Å². The second kappa shape index (κ2) is 6.47. The van der Waals surface area contributed by atoms with Gasteiger partial charge in [-0.15, -0.1) is 0 Å². The van der Waals surface area contributed by atoms with E-state index in [1.165, 1.54) is 7.11 Å². The molecule has 1 aliphatic carbocycles. The van der Waals surface area contributed by atoms with Crippen LogP contribution in [-0.2, 0) is 4.79 Å². The number of carboxylic acids is 1. The normalized spacial score (nSPS) is 21.6. The Kier molecular flexibility index (Phi) is 4.67. The van der Waals surface area contributed by atoms with Crippen LogP contribution in [0.25, 0.3) is 0 Å². The van der Waals surface area contributed by atoms with Crippen LogP contribution in [0.15, 0.2) is 18.2 Å². The summed E-state index contributed by atoms with van der Waals surface area (Å²) in [6.45, 7) is 0. The lowest BCUT2D eigenvalue weighted by Crippen LogP contribution is -2.38. The van der Waals surface area contributed by atoms with Crippen molar-refractivity contribution in [2.24, 2.45) is 5.92 Å². The van der Waals surface area contributed by atoms with Gasteiger partial charge in [0.1, 0.15) is 5.75 Å². The van der Waals surface area contributed by atoms with Gasteiger partial charge in [-0.25, -0.2) is 0 Å². The SMILES string of the molecule is COc1cc(N)ccc1C(=O)NC1CCC(C(=O)O)CC1. The number of hydrogen-bond donors (Lipinski definition) is 3. The number of ether oxygens (including phenoxy) is 1. The third kappa shape index (κ3) is 3.65. The van der Waals surface area contributed by atoms with E-state index in [0.29, 0.717) is 42.7 Å². The van der Waals surface area contributed by atoms with Crippen LogP contribution in [0.3, 0.4) is 0 Å². The van der Waals surface area contributed by atoms with Gasteiger partial charge >= 0.3 is 5.97 Å². The number of nitrogen functional groups attached to an aromatic ring is 1. The molecule has 4 N–H and O–H groups in total. The Morgan fingerprint density at radius 3 is 2.52 bits per heavy atom. The van der Waals surface area contributed by atoms with Crippen molar-refractivity contribution in [2.75, 3.05) is 12.8 Å². The highest BCUT2D eigenvalue weighted by Crippen LogP contribution is 2.26. The number of methoxy groups -OCH3 is 1. The average molecular weight is 292 g/mol. The summed E-state index contributed by atoms with van der Waals surface area (Å²) in [4.78, 5) is 23.2. The smallest absolute Gasteiger partial charge is 0.306 e. The van der Waals surface area contributed by atoms with E-state index in [9.17, 15) is 9.59 Å². The van der Waals surface area contributed by atoms with Gasteiger partial charge in [-0.2, -0.15) is 0 Å². The first-order valence-electron chi connectivity index (χ1n) is 6.98. The summed E-state index contributed by atoms with van der Waals surface area (Å²) in [6.07, 6.45) is 2.55. The van der Waals surface area contributed by atoms with Crippen LogP contribution in [-0.4, -0.2) is 30.1 Å². The minimum atomic E-state index is -0.750. The summed E-state index contributed by atoms with van der Waals surface area (Å²) in [7, 11) is 1.49. The van der Waals surface area contributed by atoms with E-state index < -0.39 is 5.97 Å². The Balaban J connectivity index is 1.98. The van der Waals surface area contributed by atoms with Crippen molar-refractivity contribution in [2.45, 2.75) is 31.7 Å². The van der Waals surface area contributed by atoms with Gasteiger partial charge in [-0.3, -0.25) is 9.59 Å². The molecule has 0 saturated heterocycles. The van der Waals surface area contributed by atoms with Gasteiger partial charge in [-0.05, 0) is 37.8 Å². The Morgan fingerprint density at radius 2 is 1.95 bits per heavy atom. The molecule has 1 aromatic rings. The number of hydrogen-bond acceptors (Lipinski definition) is 4. The first-order valence-corrected chi connectivity index (χ1v) is 6.98. The molecule has 0 bridgehead atoms. The van der Waals surface area contributed by atoms with Gasteiger partial charge in [0.25, 0.3) is 5.91 Å². The van der Waals surface area contributed by atoms with Crippen molar-refractivity contribution in [1.29, 1.82) is 0 Å². The van der Waals surface area contributed by atoms with Crippen LogP contribution in [0, 0.1) is 5.92 Å². The quantitative estimate of drug-likeness (QED) is 0.732. The van der Waals surface area contributed by atoms with Gasteiger partial charge in [-0.1, -0.05) is 0 Å². The van der Waals surface area contributed by atoms with Crippen LogP contribution in [0.4, 0.5) is 5.69 Å². The highest BCUT2D eigenvalue weighted by Gasteiger charge is 2.27. The number of carbonyl (C=O) groups is 2. The molecule has 1 aliphatic rings. The summed E-state index contributed by atoms with van der Waals surface area (Å²) in [5.41, 5.74) is 6.63. The molecule has 2 rings (SSSR count).